The topological polar surface area (TPSA) is 90.0 Å². The van der Waals surface area contributed by atoms with Crippen molar-refractivity contribution >= 4 is 23.4 Å². The van der Waals surface area contributed by atoms with Crippen molar-refractivity contribution in [1.82, 2.24) is 9.88 Å². The number of benzene rings is 1. The van der Waals surface area contributed by atoms with Gasteiger partial charge in [-0.1, -0.05) is 6.07 Å². The third kappa shape index (κ3) is 6.84. The van der Waals surface area contributed by atoms with Crippen LogP contribution >= 0.6 is 0 Å². The summed E-state index contributed by atoms with van der Waals surface area (Å²) in [5.41, 5.74) is 1.97. The summed E-state index contributed by atoms with van der Waals surface area (Å²) >= 11 is 0. The van der Waals surface area contributed by atoms with E-state index in [0.29, 0.717) is 49.8 Å². The molecule has 38 heavy (non-hydrogen) atoms. The van der Waals surface area contributed by atoms with Crippen LogP contribution in [-0.2, 0) is 4.74 Å². The van der Waals surface area contributed by atoms with Crippen LogP contribution in [0, 0.1) is 18.7 Å². The van der Waals surface area contributed by atoms with Crippen molar-refractivity contribution in [1.29, 1.82) is 0 Å². The maximum atomic E-state index is 15.9. The molecule has 1 aromatic carbocycles. The molecular weight excluding hydrogens is 506 g/mol. The van der Waals surface area contributed by atoms with Crippen LogP contribution in [0.15, 0.2) is 24.3 Å². The van der Waals surface area contributed by atoms with E-state index in [9.17, 15) is 23.1 Å². The summed E-state index contributed by atoms with van der Waals surface area (Å²) in [6.45, 7) is 5.58. The number of rotatable bonds is 7. The van der Waals surface area contributed by atoms with Crippen LogP contribution in [0.25, 0.3) is 11.1 Å². The second-order valence-electron chi connectivity index (χ2n) is 9.90. The Kier molecular flexibility index (Phi) is 8.61. The number of carbonyl (C=O) groups is 1. The van der Waals surface area contributed by atoms with Gasteiger partial charge in [-0.3, -0.25) is 0 Å². The van der Waals surface area contributed by atoms with Gasteiger partial charge < -0.3 is 30.3 Å². The summed E-state index contributed by atoms with van der Waals surface area (Å²) in [5, 5.41) is 15.3. The summed E-state index contributed by atoms with van der Waals surface area (Å²) in [4.78, 5) is 20.4. The number of alkyl halides is 3. The molecule has 2 aromatic rings. The maximum absolute atomic E-state index is 15.9. The van der Waals surface area contributed by atoms with Gasteiger partial charge in [-0.25, -0.2) is 14.2 Å². The largest absolute Gasteiger partial charge is 0.394 e. The van der Waals surface area contributed by atoms with Crippen molar-refractivity contribution in [3.63, 3.8) is 0 Å². The Balaban J connectivity index is 1.60. The van der Waals surface area contributed by atoms with E-state index in [1.807, 2.05) is 11.8 Å². The predicted molar refractivity (Wildman–Crippen MR) is 137 cm³/mol. The Morgan fingerprint density at radius 2 is 1.95 bits per heavy atom. The van der Waals surface area contributed by atoms with Crippen LogP contribution in [0.1, 0.15) is 25.3 Å². The Labute approximate surface area is 219 Å². The first-order valence-electron chi connectivity index (χ1n) is 12.7. The minimum Gasteiger partial charge on any atom is -0.394 e. The van der Waals surface area contributed by atoms with Gasteiger partial charge in [0.25, 0.3) is 0 Å². The Morgan fingerprint density at radius 3 is 2.63 bits per heavy atom. The number of aliphatic hydroxyl groups is 1. The smallest absolute Gasteiger partial charge is 0.389 e. The van der Waals surface area contributed by atoms with Crippen molar-refractivity contribution in [2.75, 3.05) is 61.5 Å². The second kappa shape index (κ2) is 11.7. The Hall–Kier alpha value is -3.12. The predicted octanol–water partition coefficient (Wildman–Crippen LogP) is 4.63. The molecule has 2 saturated heterocycles. The molecule has 2 aliphatic heterocycles. The van der Waals surface area contributed by atoms with E-state index in [4.69, 9.17) is 4.74 Å². The average Bonchev–Trinajstić information content (AvgIpc) is 3.33. The van der Waals surface area contributed by atoms with Gasteiger partial charge in [0, 0.05) is 49.9 Å². The fraction of sp³-hybridized carbons (Fsp3) is 0.538. The van der Waals surface area contributed by atoms with E-state index in [2.05, 4.69) is 15.6 Å². The molecule has 0 radical (unpaired) electrons. The van der Waals surface area contributed by atoms with Gasteiger partial charge in [0.2, 0.25) is 0 Å². The maximum Gasteiger partial charge on any atom is 0.389 e. The van der Waals surface area contributed by atoms with E-state index in [0.717, 1.165) is 5.56 Å². The summed E-state index contributed by atoms with van der Waals surface area (Å²) in [7, 11) is 0. The van der Waals surface area contributed by atoms with Crippen molar-refractivity contribution in [3.05, 3.63) is 35.6 Å². The van der Waals surface area contributed by atoms with Gasteiger partial charge in [-0.05, 0) is 55.5 Å². The first-order valence-corrected chi connectivity index (χ1v) is 12.7. The summed E-state index contributed by atoms with van der Waals surface area (Å²) in [6.07, 6.45) is -4.88. The fourth-order valence-corrected chi connectivity index (χ4v) is 4.77. The molecule has 0 aliphatic carbocycles. The number of aryl methyl sites for hydroxylation is 1. The summed E-state index contributed by atoms with van der Waals surface area (Å²) in [5.74, 6) is -0.576. The number of nitrogens with zero attached hydrogens (tertiary/aromatic N) is 3. The number of ether oxygens (including phenoxy) is 1. The molecule has 208 valence electrons. The monoisotopic (exact) mass is 539 g/mol. The van der Waals surface area contributed by atoms with Crippen molar-refractivity contribution in [2.24, 2.45) is 5.92 Å². The van der Waals surface area contributed by atoms with Gasteiger partial charge in [-0.15, -0.1) is 0 Å². The van der Waals surface area contributed by atoms with E-state index >= 15 is 4.39 Å². The molecule has 2 amide bonds. The molecule has 3 heterocycles. The van der Waals surface area contributed by atoms with E-state index in [1.165, 1.54) is 4.90 Å². The van der Waals surface area contributed by atoms with Crippen LogP contribution in [0.2, 0.25) is 0 Å². The average molecular weight is 540 g/mol. The van der Waals surface area contributed by atoms with E-state index < -0.39 is 30.4 Å². The third-order valence-electron chi connectivity index (χ3n) is 6.79. The SMILES string of the molecule is Cc1ccc(NC(=O)N2CCC(CC(F)(F)F)C2)cc1-c1cc(N[C@H](C)CO)nc(N2CCOCC2)c1F. The highest BCUT2D eigenvalue weighted by Crippen LogP contribution is 2.35. The molecule has 2 atom stereocenters. The first kappa shape index (κ1) is 27.9. The van der Waals surface area contributed by atoms with Gasteiger partial charge in [0.05, 0.1) is 19.8 Å². The molecule has 4 rings (SSSR count). The number of nitrogens with one attached hydrogen (secondary N) is 2. The van der Waals surface area contributed by atoms with Gasteiger partial charge in [0.1, 0.15) is 5.82 Å². The van der Waals surface area contributed by atoms with Crippen LogP contribution < -0.4 is 15.5 Å². The number of amides is 2. The number of pyridine rings is 1. The molecule has 1 aromatic heterocycles. The zero-order valence-electron chi connectivity index (χ0n) is 21.4. The van der Waals surface area contributed by atoms with Crippen molar-refractivity contribution in [2.45, 2.75) is 38.9 Å². The molecule has 0 spiro atoms. The first-order chi connectivity index (χ1) is 18.0. The van der Waals surface area contributed by atoms with Crippen LogP contribution in [0.4, 0.5) is 39.7 Å². The molecule has 0 saturated carbocycles. The number of aromatic nitrogens is 1. The molecule has 0 bridgehead atoms. The summed E-state index contributed by atoms with van der Waals surface area (Å²) < 4.78 is 59.6. The lowest BCUT2D eigenvalue weighted by atomic mass is 9.99. The van der Waals surface area contributed by atoms with E-state index in [-0.39, 0.29) is 37.1 Å². The fourth-order valence-electron chi connectivity index (χ4n) is 4.77. The molecule has 12 heteroatoms. The van der Waals surface area contributed by atoms with E-state index in [1.54, 1.807) is 31.2 Å². The highest BCUT2D eigenvalue weighted by atomic mass is 19.4. The number of carbonyl (C=O) groups excluding carboxylic acids is 1. The van der Waals surface area contributed by atoms with Crippen LogP contribution in [0.3, 0.4) is 0 Å². The van der Waals surface area contributed by atoms with Crippen LogP contribution in [0.5, 0.6) is 0 Å². The number of likely N-dealkylation sites (tertiary alicyclic amines) is 1. The lowest BCUT2D eigenvalue weighted by Crippen LogP contribution is -2.37. The highest BCUT2D eigenvalue weighted by Gasteiger charge is 2.36. The molecule has 3 N–H and O–H groups in total. The molecule has 1 unspecified atom stereocenters. The summed E-state index contributed by atoms with van der Waals surface area (Å²) in [6, 6.07) is 5.84. The zero-order chi connectivity index (χ0) is 27.4. The number of hydrogen-bond acceptors (Lipinski definition) is 6. The molecule has 2 aliphatic rings. The molecular formula is C26H33F4N5O3. The number of aliphatic hydroxyl groups excluding tert-OH is 1. The lowest BCUT2D eigenvalue weighted by molar-refractivity contribution is -0.143. The quantitative estimate of drug-likeness (QED) is 0.445. The second-order valence-corrected chi connectivity index (χ2v) is 9.90. The Morgan fingerprint density at radius 1 is 1.21 bits per heavy atom. The Bertz CT molecular complexity index is 1140. The van der Waals surface area contributed by atoms with Gasteiger partial charge in [0.15, 0.2) is 11.6 Å². The minimum atomic E-state index is -4.26. The normalized spacial score (nSPS) is 19.0. The number of urea groups is 1. The van der Waals surface area contributed by atoms with Crippen molar-refractivity contribution < 1.29 is 32.2 Å². The number of halogens is 4. The number of morpholine rings is 1. The van der Waals surface area contributed by atoms with Crippen LogP contribution in [-0.4, -0.2) is 79.2 Å². The highest BCUT2D eigenvalue weighted by molar-refractivity contribution is 5.91. The van der Waals surface area contributed by atoms with Crippen molar-refractivity contribution in [3.8, 4) is 11.1 Å². The lowest BCUT2D eigenvalue weighted by Gasteiger charge is -2.29. The third-order valence-corrected chi connectivity index (χ3v) is 6.79. The molecule has 8 nitrogen and oxygen atoms in total. The molecule has 2 fully saturated rings. The van der Waals surface area contributed by atoms with Gasteiger partial charge in [-0.2, -0.15) is 13.2 Å². The minimum absolute atomic E-state index is 0.0318. The number of hydrogen-bond donors (Lipinski definition) is 3. The standard InChI is InChI=1S/C26H33F4N5O3/c1-16-3-4-19(32-25(37)35-6-5-18(14-35)13-26(28,29)30)11-20(16)21-12-22(31-17(2)15-36)33-24(23(21)27)34-7-9-38-10-8-34/h3-4,11-12,17-18,36H,5-10,13-15H2,1-2H3,(H,31,33)(H,32,37)/t17-,18?/m1/s1. The van der Waals surface area contributed by atoms with Gasteiger partial charge >= 0.3 is 12.2 Å². The number of anilines is 3. The zero-order valence-corrected chi connectivity index (χ0v) is 21.4.